The van der Waals surface area contributed by atoms with Gasteiger partial charge in [-0.15, -0.1) is 0 Å². The Morgan fingerprint density at radius 1 is 1.19 bits per heavy atom. The van der Waals surface area contributed by atoms with Crippen LogP contribution in [0, 0.1) is 0 Å². The third-order valence-corrected chi connectivity index (χ3v) is 6.40. The summed E-state index contributed by atoms with van der Waals surface area (Å²) in [5.74, 6) is -0.503. The Labute approximate surface area is 194 Å². The zero-order valence-corrected chi connectivity index (χ0v) is 19.2. The molecule has 1 aliphatic heterocycles. The number of esters is 1. The van der Waals surface area contributed by atoms with Crippen LogP contribution in [0.1, 0.15) is 31.0 Å². The lowest BCUT2D eigenvalue weighted by atomic mass is 9.96. The van der Waals surface area contributed by atoms with Crippen LogP contribution in [0.4, 0.5) is 0 Å². The highest BCUT2D eigenvalue weighted by Gasteiger charge is 2.34. The maximum absolute atomic E-state index is 13.4. The molecule has 1 unspecified atom stereocenters. The van der Waals surface area contributed by atoms with E-state index < -0.39 is 12.0 Å². The zero-order chi connectivity index (χ0) is 22.7. The van der Waals surface area contributed by atoms with Gasteiger partial charge in [-0.1, -0.05) is 83.6 Å². The largest absolute Gasteiger partial charge is 0.463 e. The number of nitrogens with zero attached hydrogens (tertiary/aromatic N) is 2. The van der Waals surface area contributed by atoms with Gasteiger partial charge in [-0.3, -0.25) is 9.36 Å². The van der Waals surface area contributed by atoms with Gasteiger partial charge in [-0.2, -0.15) is 0 Å². The van der Waals surface area contributed by atoms with Crippen LogP contribution >= 0.6 is 22.9 Å². The fourth-order valence-corrected chi connectivity index (χ4v) is 4.84. The first kappa shape index (κ1) is 22.0. The van der Waals surface area contributed by atoms with Gasteiger partial charge in [0.1, 0.15) is 6.04 Å². The molecular formula is C25H21ClN2O3S. The molecule has 0 saturated carbocycles. The summed E-state index contributed by atoms with van der Waals surface area (Å²) in [5.41, 5.74) is 2.29. The van der Waals surface area contributed by atoms with Crippen molar-refractivity contribution in [3.63, 3.8) is 0 Å². The van der Waals surface area contributed by atoms with Crippen molar-refractivity contribution in [3.05, 3.63) is 108 Å². The number of rotatable bonds is 5. The third kappa shape index (κ3) is 4.24. The molecule has 162 valence electrons. The normalized spacial score (nSPS) is 16.2. The van der Waals surface area contributed by atoms with E-state index in [1.165, 1.54) is 15.9 Å². The second-order valence-corrected chi connectivity index (χ2v) is 8.53. The number of fused-ring (bicyclic) bond motifs is 1. The molecule has 2 heterocycles. The molecule has 0 fully saturated rings. The Hall–Kier alpha value is -3.22. The molecule has 7 heteroatoms. The van der Waals surface area contributed by atoms with Crippen molar-refractivity contribution in [2.45, 2.75) is 19.9 Å². The molecule has 0 spiro atoms. The first-order valence-electron chi connectivity index (χ1n) is 10.2. The maximum Gasteiger partial charge on any atom is 0.338 e. The first-order chi connectivity index (χ1) is 15.5. The quantitative estimate of drug-likeness (QED) is 0.534. The minimum atomic E-state index is -0.709. The van der Waals surface area contributed by atoms with E-state index >= 15 is 0 Å². The summed E-state index contributed by atoms with van der Waals surface area (Å²) in [6.07, 6.45) is 5.54. The molecule has 0 amide bonds. The molecule has 32 heavy (non-hydrogen) atoms. The Morgan fingerprint density at radius 2 is 1.91 bits per heavy atom. The minimum Gasteiger partial charge on any atom is -0.463 e. The van der Waals surface area contributed by atoms with E-state index in [-0.39, 0.29) is 12.2 Å². The van der Waals surface area contributed by atoms with Gasteiger partial charge >= 0.3 is 5.97 Å². The number of hydrogen-bond donors (Lipinski definition) is 0. The number of halogens is 1. The fraction of sp³-hybridized carbons (Fsp3) is 0.160. The van der Waals surface area contributed by atoms with Gasteiger partial charge in [0.15, 0.2) is 4.80 Å². The molecule has 5 nitrogen and oxygen atoms in total. The fourth-order valence-electron chi connectivity index (χ4n) is 3.61. The van der Waals surface area contributed by atoms with E-state index in [0.29, 0.717) is 31.2 Å². The van der Waals surface area contributed by atoms with Crippen LogP contribution in [0.3, 0.4) is 0 Å². The number of carbonyl (C=O) groups excluding carboxylic acids is 1. The van der Waals surface area contributed by atoms with Crippen molar-refractivity contribution in [1.29, 1.82) is 0 Å². The molecule has 0 N–H and O–H groups in total. The van der Waals surface area contributed by atoms with E-state index in [2.05, 4.69) is 4.99 Å². The first-order valence-corrected chi connectivity index (χ1v) is 11.4. The summed E-state index contributed by atoms with van der Waals surface area (Å²) >= 11 is 7.77. The Balaban J connectivity index is 1.88. The van der Waals surface area contributed by atoms with Gasteiger partial charge in [0.25, 0.3) is 5.56 Å². The minimum absolute atomic E-state index is 0.222. The second-order valence-electron chi connectivity index (χ2n) is 7.12. The van der Waals surface area contributed by atoms with Crippen molar-refractivity contribution in [2.75, 3.05) is 6.61 Å². The summed E-state index contributed by atoms with van der Waals surface area (Å²) in [7, 11) is 0. The summed E-state index contributed by atoms with van der Waals surface area (Å²) in [5, 5.41) is 0.465. The SMILES string of the molecule is CCOC(=O)C1=C(C)N=c2s/c(=C\C=C/c3ccccc3)c(=O)n2C1c1ccccc1Cl. The molecule has 0 bridgehead atoms. The number of hydrogen-bond acceptors (Lipinski definition) is 5. The molecule has 0 saturated heterocycles. The van der Waals surface area contributed by atoms with E-state index in [1.54, 1.807) is 26.0 Å². The number of ether oxygens (including phenoxy) is 1. The molecule has 1 atom stereocenters. The highest BCUT2D eigenvalue weighted by Crippen LogP contribution is 2.34. The highest BCUT2D eigenvalue weighted by molar-refractivity contribution is 7.07. The standard InChI is InChI=1S/C25H21ClN2O3S/c1-3-31-24(30)21-16(2)27-25-28(22(21)18-13-7-8-14-19(18)26)23(29)20(32-25)15-9-12-17-10-5-4-6-11-17/h4-15,22H,3H2,1-2H3/b12-9-,20-15-. The molecule has 3 aromatic rings. The lowest BCUT2D eigenvalue weighted by molar-refractivity contribution is -0.139. The van der Waals surface area contributed by atoms with Crippen molar-refractivity contribution >= 4 is 41.1 Å². The Morgan fingerprint density at radius 3 is 2.62 bits per heavy atom. The zero-order valence-electron chi connectivity index (χ0n) is 17.6. The summed E-state index contributed by atoms with van der Waals surface area (Å²) in [6.45, 7) is 3.72. The predicted octanol–water partition coefficient (Wildman–Crippen LogP) is 4.12. The topological polar surface area (TPSA) is 60.7 Å². The lowest BCUT2D eigenvalue weighted by Crippen LogP contribution is -2.40. The molecule has 4 rings (SSSR count). The Kier molecular flexibility index (Phi) is 6.53. The van der Waals surface area contributed by atoms with E-state index in [0.717, 1.165) is 5.56 Å². The van der Waals surface area contributed by atoms with E-state index in [4.69, 9.17) is 16.3 Å². The van der Waals surface area contributed by atoms with E-state index in [9.17, 15) is 9.59 Å². The molecule has 1 aromatic heterocycles. The monoisotopic (exact) mass is 464 g/mol. The van der Waals surface area contributed by atoms with Gasteiger partial charge < -0.3 is 4.74 Å². The van der Waals surface area contributed by atoms with Crippen molar-refractivity contribution in [1.82, 2.24) is 4.57 Å². The summed E-state index contributed by atoms with van der Waals surface area (Å²) < 4.78 is 7.34. The van der Waals surface area contributed by atoms with Crippen LogP contribution in [-0.4, -0.2) is 17.1 Å². The highest BCUT2D eigenvalue weighted by atomic mass is 35.5. The van der Waals surface area contributed by atoms with Crippen LogP contribution in [0.25, 0.3) is 12.2 Å². The summed E-state index contributed by atoms with van der Waals surface area (Å²) in [4.78, 5) is 31.3. The number of benzene rings is 2. The van der Waals surface area contributed by atoms with Gasteiger partial charge in [-0.25, -0.2) is 9.79 Å². The number of carbonyl (C=O) groups is 1. The molecule has 1 aliphatic rings. The van der Waals surface area contributed by atoms with Gasteiger partial charge in [0.2, 0.25) is 0 Å². The number of aromatic nitrogens is 1. The average molecular weight is 465 g/mol. The van der Waals surface area contributed by atoms with Crippen molar-refractivity contribution in [2.24, 2.45) is 4.99 Å². The lowest BCUT2D eigenvalue weighted by Gasteiger charge is -2.25. The van der Waals surface area contributed by atoms with Gasteiger partial charge in [-0.05, 0) is 37.1 Å². The van der Waals surface area contributed by atoms with E-state index in [1.807, 2.05) is 60.7 Å². The summed E-state index contributed by atoms with van der Waals surface area (Å²) in [6, 6.07) is 16.3. The van der Waals surface area contributed by atoms with Crippen molar-refractivity contribution < 1.29 is 9.53 Å². The number of thiazole rings is 1. The average Bonchev–Trinajstić information content (AvgIpc) is 3.09. The molecule has 0 radical (unpaired) electrons. The second kappa shape index (κ2) is 9.51. The third-order valence-electron chi connectivity index (χ3n) is 5.05. The van der Waals surface area contributed by atoms with Crippen LogP contribution in [-0.2, 0) is 9.53 Å². The van der Waals surface area contributed by atoms with Crippen LogP contribution in [0.5, 0.6) is 0 Å². The van der Waals surface area contributed by atoms with Crippen LogP contribution < -0.4 is 14.9 Å². The molecular weight excluding hydrogens is 444 g/mol. The Bertz CT molecular complexity index is 1400. The predicted molar refractivity (Wildman–Crippen MR) is 128 cm³/mol. The molecule has 2 aromatic carbocycles. The van der Waals surface area contributed by atoms with Gasteiger partial charge in [0, 0.05) is 5.02 Å². The maximum atomic E-state index is 13.4. The smallest absolute Gasteiger partial charge is 0.338 e. The number of allylic oxidation sites excluding steroid dienone is 2. The van der Waals surface area contributed by atoms with Crippen molar-refractivity contribution in [3.8, 4) is 0 Å². The molecule has 0 aliphatic carbocycles. The van der Waals surface area contributed by atoms with Crippen LogP contribution in [0.2, 0.25) is 5.02 Å². The van der Waals surface area contributed by atoms with Crippen LogP contribution in [0.15, 0.2) is 81.7 Å². The van der Waals surface area contributed by atoms with Gasteiger partial charge in [0.05, 0.1) is 22.4 Å².